The smallest absolute Gasteiger partial charge is 0.263 e. The lowest BCUT2D eigenvalue weighted by atomic mass is 10.2. The first-order valence-corrected chi connectivity index (χ1v) is 12.0. The predicted octanol–water partition coefficient (Wildman–Crippen LogP) is 4.90. The van der Waals surface area contributed by atoms with Crippen LogP contribution in [-0.2, 0) is 20.0 Å². The molecule has 0 aliphatic rings. The molecule has 29 heavy (non-hydrogen) atoms. The topological polar surface area (TPSA) is 92.3 Å². The summed E-state index contributed by atoms with van der Waals surface area (Å²) in [4.78, 5) is -0.188. The van der Waals surface area contributed by atoms with Gasteiger partial charge in [-0.2, -0.15) is 0 Å². The number of anilines is 2. The lowest BCUT2D eigenvalue weighted by Gasteiger charge is -2.12. The molecule has 2 N–H and O–H groups in total. The summed E-state index contributed by atoms with van der Waals surface area (Å²) < 4.78 is 55.0. The number of aryl methyl sites for hydroxylation is 1. The highest BCUT2D eigenvalue weighted by Crippen LogP contribution is 2.27. The Hall–Kier alpha value is -2.26. The first-order valence-electron chi connectivity index (χ1n) is 8.24. The zero-order chi connectivity index (χ0) is 21.2. The fraction of sp³-hybridized carbons (Fsp3) is 0.0526. The number of rotatable bonds is 6. The van der Waals surface area contributed by atoms with Gasteiger partial charge < -0.3 is 0 Å². The fourth-order valence-corrected chi connectivity index (χ4v) is 5.39. The molecule has 6 nitrogen and oxygen atoms in total. The van der Waals surface area contributed by atoms with Gasteiger partial charge in [0.15, 0.2) is 0 Å². The Morgan fingerprint density at radius 2 is 1.38 bits per heavy atom. The molecule has 0 atom stereocenters. The summed E-state index contributed by atoms with van der Waals surface area (Å²) in [7, 11) is -7.82. The third-order valence-corrected chi connectivity index (χ3v) is 7.37. The van der Waals surface area contributed by atoms with Gasteiger partial charge in [0, 0.05) is 16.4 Å². The van der Waals surface area contributed by atoms with E-state index in [1.54, 1.807) is 18.2 Å². The van der Waals surface area contributed by atoms with Crippen LogP contribution in [0, 0.1) is 6.92 Å². The minimum Gasteiger partial charge on any atom is -0.280 e. The molecule has 0 bridgehead atoms. The molecule has 0 spiro atoms. The van der Waals surface area contributed by atoms with E-state index in [1.807, 2.05) is 13.0 Å². The van der Waals surface area contributed by atoms with Gasteiger partial charge in [0.05, 0.1) is 9.92 Å². The predicted molar refractivity (Wildman–Crippen MR) is 116 cm³/mol. The molecule has 0 saturated heterocycles. The van der Waals surface area contributed by atoms with Crippen LogP contribution in [0.15, 0.2) is 76.5 Å². The van der Waals surface area contributed by atoms with E-state index in [0.29, 0.717) is 5.69 Å². The van der Waals surface area contributed by atoms with E-state index >= 15 is 0 Å². The van der Waals surface area contributed by atoms with Crippen LogP contribution in [0.3, 0.4) is 0 Å². The van der Waals surface area contributed by atoms with Crippen LogP contribution in [0.2, 0.25) is 10.0 Å². The molecule has 0 aliphatic heterocycles. The summed E-state index contributed by atoms with van der Waals surface area (Å²) in [5.74, 6) is 0. The summed E-state index contributed by atoms with van der Waals surface area (Å²) in [6.07, 6.45) is 0. The van der Waals surface area contributed by atoms with Crippen LogP contribution < -0.4 is 9.44 Å². The van der Waals surface area contributed by atoms with Crippen LogP contribution in [0.25, 0.3) is 0 Å². The Kier molecular flexibility index (Phi) is 6.09. The highest BCUT2D eigenvalue weighted by atomic mass is 35.5. The average Bonchev–Trinajstić information content (AvgIpc) is 2.63. The van der Waals surface area contributed by atoms with Gasteiger partial charge in [0.1, 0.15) is 4.90 Å². The molecule has 0 saturated carbocycles. The van der Waals surface area contributed by atoms with Gasteiger partial charge in [-0.25, -0.2) is 16.8 Å². The van der Waals surface area contributed by atoms with Crippen LogP contribution in [0.1, 0.15) is 5.56 Å². The molecule has 3 aromatic carbocycles. The van der Waals surface area contributed by atoms with E-state index in [2.05, 4.69) is 9.44 Å². The maximum atomic E-state index is 12.5. The van der Waals surface area contributed by atoms with Crippen molar-refractivity contribution in [3.05, 3.63) is 82.3 Å². The molecule has 0 heterocycles. The van der Waals surface area contributed by atoms with Gasteiger partial charge in [-0.05, 0) is 67.1 Å². The minimum atomic E-state index is -4.00. The quantitative estimate of drug-likeness (QED) is 0.535. The van der Waals surface area contributed by atoms with Gasteiger partial charge in [-0.1, -0.05) is 35.3 Å². The molecule has 3 rings (SSSR count). The van der Waals surface area contributed by atoms with Crippen molar-refractivity contribution in [2.75, 3.05) is 9.44 Å². The Morgan fingerprint density at radius 3 is 2.03 bits per heavy atom. The van der Waals surface area contributed by atoms with Crippen LogP contribution >= 0.6 is 23.2 Å². The molecule has 0 fully saturated rings. The second-order valence-corrected chi connectivity index (χ2v) is 10.4. The van der Waals surface area contributed by atoms with E-state index in [4.69, 9.17) is 23.2 Å². The maximum Gasteiger partial charge on any atom is 0.263 e. The fourth-order valence-electron chi connectivity index (χ4n) is 2.52. The number of halogens is 2. The number of hydrogen-bond acceptors (Lipinski definition) is 4. The zero-order valence-corrected chi connectivity index (χ0v) is 18.2. The van der Waals surface area contributed by atoms with Gasteiger partial charge in [0.25, 0.3) is 20.0 Å². The molecule has 0 aliphatic carbocycles. The highest BCUT2D eigenvalue weighted by Gasteiger charge is 2.20. The summed E-state index contributed by atoms with van der Waals surface area (Å²) in [5.41, 5.74) is 1.52. The van der Waals surface area contributed by atoms with Crippen LogP contribution in [0.4, 0.5) is 11.4 Å². The van der Waals surface area contributed by atoms with Crippen LogP contribution in [0.5, 0.6) is 0 Å². The van der Waals surface area contributed by atoms with Crippen molar-refractivity contribution in [2.45, 2.75) is 16.7 Å². The van der Waals surface area contributed by atoms with Crippen molar-refractivity contribution in [1.29, 1.82) is 0 Å². The molecule has 0 radical (unpaired) electrons. The zero-order valence-electron chi connectivity index (χ0n) is 15.1. The summed E-state index contributed by atoms with van der Waals surface area (Å²) in [5, 5.41) is 0.238. The molecule has 0 unspecified atom stereocenters. The first-order chi connectivity index (χ1) is 13.6. The average molecular weight is 471 g/mol. The second-order valence-electron chi connectivity index (χ2n) is 6.18. The first kappa shape index (κ1) is 21.4. The van der Waals surface area contributed by atoms with E-state index in [1.165, 1.54) is 42.5 Å². The Balaban J connectivity index is 1.82. The lowest BCUT2D eigenvalue weighted by molar-refractivity contribution is 0.600. The molecule has 0 aromatic heterocycles. The van der Waals surface area contributed by atoms with Gasteiger partial charge in [-0.15, -0.1) is 0 Å². The largest absolute Gasteiger partial charge is 0.280 e. The van der Waals surface area contributed by atoms with Crippen molar-refractivity contribution in [1.82, 2.24) is 0 Å². The molecule has 0 amide bonds. The normalized spacial score (nSPS) is 11.8. The van der Waals surface area contributed by atoms with E-state index in [9.17, 15) is 16.8 Å². The van der Waals surface area contributed by atoms with Crippen molar-refractivity contribution in [3.8, 4) is 0 Å². The van der Waals surface area contributed by atoms with Gasteiger partial charge in [0.2, 0.25) is 0 Å². The van der Waals surface area contributed by atoms with Crippen LogP contribution in [-0.4, -0.2) is 16.8 Å². The van der Waals surface area contributed by atoms with Crippen molar-refractivity contribution in [2.24, 2.45) is 0 Å². The molecule has 152 valence electrons. The summed E-state index contributed by atoms with van der Waals surface area (Å²) >= 11 is 11.8. The van der Waals surface area contributed by atoms with E-state index in [-0.39, 0.29) is 25.5 Å². The number of hydrogen-bond donors (Lipinski definition) is 2. The number of nitrogens with one attached hydrogen (secondary N) is 2. The molecule has 3 aromatic rings. The van der Waals surface area contributed by atoms with E-state index < -0.39 is 20.0 Å². The SMILES string of the molecule is Cc1cccc(NS(=O)(=O)c2ccc(NS(=O)(=O)c3cc(Cl)ccc3Cl)cc2)c1. The van der Waals surface area contributed by atoms with Crippen molar-refractivity contribution in [3.63, 3.8) is 0 Å². The monoisotopic (exact) mass is 470 g/mol. The molecular formula is C19H16Cl2N2O4S2. The standard InChI is InChI=1S/C19H16Cl2N2O4S2/c1-13-3-2-4-16(11-13)23-28(24,25)17-8-6-15(7-9-17)22-29(26,27)19-12-14(20)5-10-18(19)21/h2-12,22-23H,1H3. The second kappa shape index (κ2) is 8.23. The summed E-state index contributed by atoms with van der Waals surface area (Å²) in [6.45, 7) is 1.85. The van der Waals surface area contributed by atoms with Gasteiger partial charge in [-0.3, -0.25) is 9.44 Å². The van der Waals surface area contributed by atoms with Crippen molar-refractivity contribution < 1.29 is 16.8 Å². The third kappa shape index (κ3) is 5.22. The lowest BCUT2D eigenvalue weighted by Crippen LogP contribution is -2.15. The summed E-state index contributed by atoms with van der Waals surface area (Å²) in [6, 6.07) is 16.3. The Bertz CT molecular complexity index is 1260. The van der Waals surface area contributed by atoms with Gasteiger partial charge >= 0.3 is 0 Å². The third-order valence-electron chi connectivity index (χ3n) is 3.87. The molecular weight excluding hydrogens is 455 g/mol. The Labute approximate surface area is 179 Å². The minimum absolute atomic E-state index is 0.0113. The van der Waals surface area contributed by atoms with E-state index in [0.717, 1.165) is 5.56 Å². The highest BCUT2D eigenvalue weighted by molar-refractivity contribution is 7.93. The molecule has 10 heteroatoms. The Morgan fingerprint density at radius 1 is 0.724 bits per heavy atom. The maximum absolute atomic E-state index is 12.5. The number of sulfonamides is 2. The van der Waals surface area contributed by atoms with Crippen molar-refractivity contribution >= 4 is 54.6 Å². The number of benzene rings is 3.